The van der Waals surface area contributed by atoms with Crippen LogP contribution in [0.1, 0.15) is 4.88 Å². The maximum absolute atomic E-state index is 12.8. The normalized spacial score (nSPS) is 11.7. The van der Waals surface area contributed by atoms with Gasteiger partial charge in [-0.1, -0.05) is 0 Å². The highest BCUT2D eigenvalue weighted by Gasteiger charge is 2.19. The molecule has 0 aliphatic carbocycles. The highest BCUT2D eigenvalue weighted by Crippen LogP contribution is 2.37. The fourth-order valence-corrected chi connectivity index (χ4v) is 3.94. The Kier molecular flexibility index (Phi) is 7.01. The Morgan fingerprint density at radius 3 is 2.13 bits per heavy atom. The van der Waals surface area contributed by atoms with Crippen LogP contribution in [0.4, 0.5) is 28.9 Å². The third-order valence-corrected chi connectivity index (χ3v) is 5.94. The van der Waals surface area contributed by atoms with Gasteiger partial charge in [0.25, 0.3) is 0 Å². The highest BCUT2D eigenvalue weighted by atomic mass is 32.2. The van der Waals surface area contributed by atoms with Crippen LogP contribution in [0.25, 0.3) is 0 Å². The SMILES string of the molecule is CS(=O)(=O)c1ccc(N(Cc2cncs2)c2ccc(OC(F)F)c(OC(F)F)c2)cc1. The van der Waals surface area contributed by atoms with Gasteiger partial charge in [-0.3, -0.25) is 4.98 Å². The average molecular weight is 476 g/mol. The fraction of sp³-hybridized carbons (Fsp3) is 0.211. The fourth-order valence-electron chi connectivity index (χ4n) is 2.73. The summed E-state index contributed by atoms with van der Waals surface area (Å²) in [6.45, 7) is -6.21. The van der Waals surface area contributed by atoms with Crippen molar-refractivity contribution in [3.63, 3.8) is 0 Å². The zero-order valence-electron chi connectivity index (χ0n) is 15.9. The summed E-state index contributed by atoms with van der Waals surface area (Å²) in [5.41, 5.74) is 2.48. The van der Waals surface area contributed by atoms with E-state index < -0.39 is 34.6 Å². The van der Waals surface area contributed by atoms with Crippen molar-refractivity contribution in [1.29, 1.82) is 0 Å². The Labute approximate surface area is 179 Å². The summed E-state index contributed by atoms with van der Waals surface area (Å²) in [4.78, 5) is 6.59. The van der Waals surface area contributed by atoms with Crippen LogP contribution in [0.5, 0.6) is 11.5 Å². The molecule has 0 aliphatic rings. The molecule has 0 fully saturated rings. The molecule has 0 unspecified atom stereocenters. The van der Waals surface area contributed by atoms with Crippen LogP contribution in [-0.4, -0.2) is 32.9 Å². The van der Waals surface area contributed by atoms with Crippen LogP contribution in [0.15, 0.2) is 59.1 Å². The van der Waals surface area contributed by atoms with Gasteiger partial charge in [-0.15, -0.1) is 11.3 Å². The van der Waals surface area contributed by atoms with Crippen LogP contribution in [0, 0.1) is 0 Å². The molecule has 0 amide bonds. The van der Waals surface area contributed by atoms with Gasteiger partial charge in [-0.2, -0.15) is 17.6 Å². The molecule has 1 heterocycles. The third-order valence-electron chi connectivity index (χ3n) is 4.05. The monoisotopic (exact) mass is 476 g/mol. The second kappa shape index (κ2) is 9.52. The first-order valence-corrected chi connectivity index (χ1v) is 11.4. The van der Waals surface area contributed by atoms with Crippen LogP contribution in [-0.2, 0) is 16.4 Å². The summed E-state index contributed by atoms with van der Waals surface area (Å²) in [7, 11) is -3.41. The number of aromatic nitrogens is 1. The molecule has 0 N–H and O–H groups in total. The number of rotatable bonds is 9. The van der Waals surface area contributed by atoms with Gasteiger partial charge in [0.05, 0.1) is 17.0 Å². The molecule has 0 saturated carbocycles. The first kappa shape index (κ1) is 22.8. The molecule has 0 radical (unpaired) electrons. The number of nitrogens with zero attached hydrogens (tertiary/aromatic N) is 2. The molecule has 166 valence electrons. The largest absolute Gasteiger partial charge is 0.431 e. The van der Waals surface area contributed by atoms with Gasteiger partial charge in [0, 0.05) is 34.8 Å². The van der Waals surface area contributed by atoms with Gasteiger partial charge in [0.2, 0.25) is 0 Å². The molecule has 1 aromatic heterocycles. The zero-order chi connectivity index (χ0) is 22.6. The molecule has 2 aromatic carbocycles. The number of hydrogen-bond donors (Lipinski definition) is 0. The predicted molar refractivity (Wildman–Crippen MR) is 107 cm³/mol. The van der Waals surface area contributed by atoms with E-state index in [-0.39, 0.29) is 11.4 Å². The lowest BCUT2D eigenvalue weighted by Crippen LogP contribution is -2.16. The minimum absolute atomic E-state index is 0.108. The first-order valence-electron chi connectivity index (χ1n) is 8.62. The maximum Gasteiger partial charge on any atom is 0.387 e. The lowest BCUT2D eigenvalue weighted by atomic mass is 10.2. The summed E-state index contributed by atoms with van der Waals surface area (Å²) >= 11 is 1.35. The molecule has 0 saturated heterocycles. The number of hydrogen-bond acceptors (Lipinski definition) is 7. The van der Waals surface area contributed by atoms with Crippen molar-refractivity contribution >= 4 is 32.5 Å². The van der Waals surface area contributed by atoms with Crippen LogP contribution >= 0.6 is 11.3 Å². The van der Waals surface area contributed by atoms with Crippen LogP contribution in [0.2, 0.25) is 0 Å². The molecule has 0 spiro atoms. The average Bonchev–Trinajstić information content (AvgIpc) is 3.19. The molecule has 0 atom stereocenters. The highest BCUT2D eigenvalue weighted by molar-refractivity contribution is 7.90. The van der Waals surface area contributed by atoms with Gasteiger partial charge < -0.3 is 14.4 Å². The second-order valence-electron chi connectivity index (χ2n) is 6.21. The minimum atomic E-state index is -3.41. The van der Waals surface area contributed by atoms with Gasteiger partial charge in [0.15, 0.2) is 21.3 Å². The van der Waals surface area contributed by atoms with E-state index in [1.807, 2.05) is 0 Å². The number of benzene rings is 2. The standard InChI is InChI=1S/C19H16F4N2O4S2/c1-31(26,27)15-5-2-12(3-6-15)25(10-14-9-24-11-30-14)13-4-7-16(28-18(20)21)17(8-13)29-19(22)23/h2-9,11,18-19H,10H2,1H3. The van der Waals surface area contributed by atoms with Crippen molar-refractivity contribution in [1.82, 2.24) is 4.98 Å². The van der Waals surface area contributed by atoms with Crippen LogP contribution < -0.4 is 14.4 Å². The Balaban J connectivity index is 2.04. The molecular formula is C19H16F4N2O4S2. The number of ether oxygens (including phenoxy) is 2. The van der Waals surface area contributed by atoms with Crippen molar-refractivity contribution in [2.45, 2.75) is 24.7 Å². The number of alkyl halides is 4. The topological polar surface area (TPSA) is 68.7 Å². The summed E-state index contributed by atoms with van der Waals surface area (Å²) in [6.07, 6.45) is 2.69. The summed E-state index contributed by atoms with van der Waals surface area (Å²) in [6, 6.07) is 9.58. The van der Waals surface area contributed by atoms with Crippen molar-refractivity contribution in [2.24, 2.45) is 0 Å². The quantitative estimate of drug-likeness (QED) is 0.401. The molecule has 31 heavy (non-hydrogen) atoms. The smallest absolute Gasteiger partial charge is 0.387 e. The molecular weight excluding hydrogens is 460 g/mol. The van der Waals surface area contributed by atoms with Crippen molar-refractivity contribution in [2.75, 3.05) is 11.2 Å². The third kappa shape index (κ3) is 6.07. The number of sulfone groups is 1. The molecule has 6 nitrogen and oxygen atoms in total. The van der Waals surface area contributed by atoms with E-state index in [2.05, 4.69) is 14.5 Å². The van der Waals surface area contributed by atoms with E-state index >= 15 is 0 Å². The molecule has 0 bridgehead atoms. The molecule has 0 aliphatic heterocycles. The molecule has 3 aromatic rings. The Morgan fingerprint density at radius 2 is 1.58 bits per heavy atom. The van der Waals surface area contributed by atoms with E-state index in [1.165, 1.54) is 29.5 Å². The lowest BCUT2D eigenvalue weighted by molar-refractivity contribution is -0.0692. The lowest BCUT2D eigenvalue weighted by Gasteiger charge is -2.25. The van der Waals surface area contributed by atoms with E-state index in [0.717, 1.165) is 23.3 Å². The van der Waals surface area contributed by atoms with Crippen LogP contribution in [0.3, 0.4) is 0 Å². The molecule has 3 rings (SSSR count). The van der Waals surface area contributed by atoms with E-state index in [1.54, 1.807) is 28.7 Å². The van der Waals surface area contributed by atoms with Crippen molar-refractivity contribution in [3.05, 3.63) is 59.0 Å². The van der Waals surface area contributed by atoms with Gasteiger partial charge >= 0.3 is 13.2 Å². The summed E-state index contributed by atoms with van der Waals surface area (Å²) in [5, 5.41) is 0. The number of thiazole rings is 1. The van der Waals surface area contributed by atoms with Crippen molar-refractivity contribution in [3.8, 4) is 11.5 Å². The Morgan fingerprint density at radius 1 is 0.968 bits per heavy atom. The molecule has 12 heteroatoms. The predicted octanol–water partition coefficient (Wildman–Crippen LogP) is 5.09. The summed E-state index contributed by atoms with van der Waals surface area (Å²) < 4.78 is 82.9. The van der Waals surface area contributed by atoms with Gasteiger partial charge in [-0.05, 0) is 36.4 Å². The summed E-state index contributed by atoms with van der Waals surface area (Å²) in [5.74, 6) is -1.10. The van der Waals surface area contributed by atoms with Gasteiger partial charge in [-0.25, -0.2) is 8.42 Å². The first-order chi connectivity index (χ1) is 14.6. The number of anilines is 2. The number of halogens is 4. The van der Waals surface area contributed by atoms with E-state index in [0.29, 0.717) is 11.4 Å². The Hall–Kier alpha value is -2.86. The minimum Gasteiger partial charge on any atom is -0.431 e. The second-order valence-corrected chi connectivity index (χ2v) is 9.19. The van der Waals surface area contributed by atoms with E-state index in [4.69, 9.17) is 0 Å². The van der Waals surface area contributed by atoms with Crippen molar-refractivity contribution < 1.29 is 35.5 Å². The Bertz CT molecular complexity index is 1110. The maximum atomic E-state index is 12.8. The van der Waals surface area contributed by atoms with Gasteiger partial charge in [0.1, 0.15) is 0 Å². The zero-order valence-corrected chi connectivity index (χ0v) is 17.5. The van der Waals surface area contributed by atoms with E-state index in [9.17, 15) is 26.0 Å².